The fourth-order valence-electron chi connectivity index (χ4n) is 2.44. The van der Waals surface area contributed by atoms with Crippen molar-refractivity contribution in [3.8, 4) is 0 Å². The minimum atomic E-state index is 0.521. The Hall–Kier alpha value is -1.32. The molecule has 0 saturated heterocycles. The smallest absolute Gasteiger partial charge is 0.0762 e. The van der Waals surface area contributed by atoms with Crippen molar-refractivity contribution in [3.63, 3.8) is 0 Å². The van der Waals surface area contributed by atoms with Crippen molar-refractivity contribution in [1.82, 2.24) is 15.1 Å². The summed E-state index contributed by atoms with van der Waals surface area (Å²) in [6, 6.07) is 10.7. The van der Waals surface area contributed by atoms with E-state index in [0.29, 0.717) is 6.04 Å². The molecule has 0 atom stereocenters. The van der Waals surface area contributed by atoms with Gasteiger partial charge in [-0.1, -0.05) is 37.6 Å². The lowest BCUT2D eigenvalue weighted by Gasteiger charge is -2.12. The zero-order chi connectivity index (χ0) is 15.1. The Labute approximate surface area is 132 Å². The highest BCUT2D eigenvalue weighted by Crippen LogP contribution is 2.14. The molecular weight excluding hydrogens is 282 g/mol. The molecule has 114 valence electrons. The molecule has 1 N–H and O–H groups in total. The Balaban J connectivity index is 1.75. The number of rotatable bonds is 8. The van der Waals surface area contributed by atoms with Gasteiger partial charge in [0.1, 0.15) is 0 Å². The lowest BCUT2D eigenvalue weighted by molar-refractivity contribution is 0.424. The Morgan fingerprint density at radius 1 is 1.14 bits per heavy atom. The third kappa shape index (κ3) is 4.87. The Kier molecular flexibility index (Phi) is 6.27. The summed E-state index contributed by atoms with van der Waals surface area (Å²) in [5.41, 5.74) is 2.41. The zero-order valence-electron chi connectivity index (χ0n) is 12.8. The molecule has 21 heavy (non-hydrogen) atoms. The first kappa shape index (κ1) is 16.1. The van der Waals surface area contributed by atoms with Crippen molar-refractivity contribution in [1.29, 1.82) is 0 Å². The van der Waals surface area contributed by atoms with Gasteiger partial charge in [0.2, 0.25) is 0 Å². The first-order valence-electron chi connectivity index (χ1n) is 7.72. The second-order valence-electron chi connectivity index (χ2n) is 5.31. The van der Waals surface area contributed by atoms with E-state index >= 15 is 0 Å². The molecule has 0 aliphatic rings. The molecule has 0 aliphatic carbocycles. The number of benzene rings is 1. The van der Waals surface area contributed by atoms with Gasteiger partial charge in [0.25, 0.3) is 0 Å². The Morgan fingerprint density at radius 3 is 2.52 bits per heavy atom. The number of hydrogen-bond acceptors (Lipinski definition) is 2. The molecule has 0 fully saturated rings. The minimum absolute atomic E-state index is 0.521. The zero-order valence-corrected chi connectivity index (χ0v) is 13.6. The summed E-state index contributed by atoms with van der Waals surface area (Å²) in [4.78, 5) is 0. The SMILES string of the molecule is CCC(CC)n1ccc(CNCCc2ccc(Cl)cc2)n1. The minimum Gasteiger partial charge on any atom is -0.311 e. The molecular formula is C17H24ClN3. The maximum Gasteiger partial charge on any atom is 0.0762 e. The largest absolute Gasteiger partial charge is 0.311 e. The van der Waals surface area contributed by atoms with Gasteiger partial charge in [-0.25, -0.2) is 0 Å². The molecule has 0 amide bonds. The van der Waals surface area contributed by atoms with E-state index in [4.69, 9.17) is 11.6 Å². The summed E-state index contributed by atoms with van der Waals surface area (Å²) >= 11 is 5.88. The predicted molar refractivity (Wildman–Crippen MR) is 88.7 cm³/mol. The number of hydrogen-bond donors (Lipinski definition) is 1. The van der Waals surface area contributed by atoms with Gasteiger partial charge in [0.05, 0.1) is 11.7 Å². The van der Waals surface area contributed by atoms with Crippen LogP contribution in [0.25, 0.3) is 0 Å². The number of nitrogens with one attached hydrogen (secondary N) is 1. The van der Waals surface area contributed by atoms with Crippen LogP contribution < -0.4 is 5.32 Å². The highest BCUT2D eigenvalue weighted by Gasteiger charge is 2.07. The summed E-state index contributed by atoms with van der Waals surface area (Å²) in [6.07, 6.45) is 5.35. The van der Waals surface area contributed by atoms with Crippen LogP contribution in [0.1, 0.15) is 44.0 Å². The fourth-order valence-corrected chi connectivity index (χ4v) is 2.56. The Morgan fingerprint density at radius 2 is 1.86 bits per heavy atom. The van der Waals surface area contributed by atoms with Crippen molar-refractivity contribution >= 4 is 11.6 Å². The van der Waals surface area contributed by atoms with Gasteiger partial charge in [-0.15, -0.1) is 0 Å². The molecule has 3 nitrogen and oxygen atoms in total. The number of aromatic nitrogens is 2. The van der Waals surface area contributed by atoms with Crippen LogP contribution >= 0.6 is 11.6 Å². The van der Waals surface area contributed by atoms with Crippen molar-refractivity contribution < 1.29 is 0 Å². The molecule has 4 heteroatoms. The lowest BCUT2D eigenvalue weighted by Crippen LogP contribution is -2.17. The molecule has 0 radical (unpaired) electrons. The second kappa shape index (κ2) is 8.20. The van der Waals surface area contributed by atoms with Gasteiger partial charge >= 0.3 is 0 Å². The summed E-state index contributed by atoms with van der Waals surface area (Å²) < 4.78 is 2.09. The maximum atomic E-state index is 5.88. The van der Waals surface area contributed by atoms with Crippen LogP contribution in [0.5, 0.6) is 0 Å². The molecule has 0 aliphatic heterocycles. The number of nitrogens with zero attached hydrogens (tertiary/aromatic N) is 2. The molecule has 1 heterocycles. The molecule has 0 spiro atoms. The van der Waals surface area contributed by atoms with E-state index < -0.39 is 0 Å². The highest BCUT2D eigenvalue weighted by atomic mass is 35.5. The van der Waals surface area contributed by atoms with Crippen LogP contribution in [0, 0.1) is 0 Å². The molecule has 1 aromatic carbocycles. The van der Waals surface area contributed by atoms with E-state index in [2.05, 4.69) is 53.3 Å². The van der Waals surface area contributed by atoms with Crippen molar-refractivity contribution in [2.24, 2.45) is 0 Å². The third-order valence-electron chi connectivity index (χ3n) is 3.79. The van der Waals surface area contributed by atoms with Crippen molar-refractivity contribution in [2.75, 3.05) is 6.54 Å². The highest BCUT2D eigenvalue weighted by molar-refractivity contribution is 6.30. The normalized spacial score (nSPS) is 11.2. The van der Waals surface area contributed by atoms with Gasteiger partial charge in [-0.05, 0) is 49.6 Å². The molecule has 0 bridgehead atoms. The van der Waals surface area contributed by atoms with E-state index in [1.54, 1.807) is 0 Å². The first-order chi connectivity index (χ1) is 10.2. The Bertz CT molecular complexity index is 529. The maximum absolute atomic E-state index is 5.88. The van der Waals surface area contributed by atoms with Crippen LogP contribution in [0.3, 0.4) is 0 Å². The molecule has 1 aromatic heterocycles. The lowest BCUT2D eigenvalue weighted by atomic mass is 10.1. The quantitative estimate of drug-likeness (QED) is 0.740. The van der Waals surface area contributed by atoms with Gasteiger partial charge in [0, 0.05) is 17.8 Å². The van der Waals surface area contributed by atoms with Gasteiger partial charge < -0.3 is 5.32 Å². The predicted octanol–water partition coefficient (Wildman–Crippen LogP) is 4.23. The number of halogens is 1. The average Bonchev–Trinajstić information content (AvgIpc) is 2.96. The fraction of sp³-hybridized carbons (Fsp3) is 0.471. The third-order valence-corrected chi connectivity index (χ3v) is 4.04. The standard InChI is InChI=1S/C17H24ClN3/c1-3-17(4-2)21-12-10-16(20-21)13-19-11-9-14-5-7-15(18)8-6-14/h5-8,10,12,17,19H,3-4,9,11,13H2,1-2H3. The monoisotopic (exact) mass is 305 g/mol. The molecule has 0 unspecified atom stereocenters. The van der Waals surface area contributed by atoms with Crippen LogP contribution in [0.15, 0.2) is 36.5 Å². The molecule has 2 rings (SSSR count). The average molecular weight is 306 g/mol. The summed E-state index contributed by atoms with van der Waals surface area (Å²) in [5, 5.41) is 8.88. The summed E-state index contributed by atoms with van der Waals surface area (Å²) in [7, 11) is 0. The van der Waals surface area contributed by atoms with Crippen LogP contribution in [0.4, 0.5) is 0 Å². The van der Waals surface area contributed by atoms with Crippen molar-refractivity contribution in [2.45, 2.75) is 45.7 Å². The van der Waals surface area contributed by atoms with E-state index in [0.717, 1.165) is 43.1 Å². The summed E-state index contributed by atoms with van der Waals surface area (Å²) in [5.74, 6) is 0. The molecule has 2 aromatic rings. The van der Waals surface area contributed by atoms with Gasteiger partial charge in [-0.3, -0.25) is 4.68 Å². The van der Waals surface area contributed by atoms with Crippen LogP contribution in [0.2, 0.25) is 5.02 Å². The molecule has 0 saturated carbocycles. The topological polar surface area (TPSA) is 29.9 Å². The van der Waals surface area contributed by atoms with E-state index in [9.17, 15) is 0 Å². The van der Waals surface area contributed by atoms with Crippen LogP contribution in [-0.4, -0.2) is 16.3 Å². The van der Waals surface area contributed by atoms with E-state index in [1.807, 2.05) is 12.1 Å². The van der Waals surface area contributed by atoms with Crippen molar-refractivity contribution in [3.05, 3.63) is 52.8 Å². The van der Waals surface area contributed by atoms with Gasteiger partial charge in [0.15, 0.2) is 0 Å². The van der Waals surface area contributed by atoms with E-state index in [-0.39, 0.29) is 0 Å². The second-order valence-corrected chi connectivity index (χ2v) is 5.75. The van der Waals surface area contributed by atoms with Gasteiger partial charge in [-0.2, -0.15) is 5.10 Å². The van der Waals surface area contributed by atoms with E-state index in [1.165, 1.54) is 5.56 Å². The van der Waals surface area contributed by atoms with Crippen LogP contribution in [-0.2, 0) is 13.0 Å². The summed E-state index contributed by atoms with van der Waals surface area (Å²) in [6.45, 7) is 6.18. The first-order valence-corrected chi connectivity index (χ1v) is 8.10.